The van der Waals surface area contributed by atoms with E-state index in [2.05, 4.69) is 5.32 Å². The van der Waals surface area contributed by atoms with Crippen molar-refractivity contribution in [3.05, 3.63) is 30.1 Å². The Hall–Kier alpha value is -1.47. The maximum Gasteiger partial charge on any atom is 0.242 e. The average molecular weight is 302 g/mol. The third kappa shape index (κ3) is 4.57. The lowest BCUT2D eigenvalue weighted by molar-refractivity contribution is -0.121. The van der Waals surface area contributed by atoms with E-state index in [-0.39, 0.29) is 23.8 Å². The fourth-order valence-electron chi connectivity index (χ4n) is 1.65. The Morgan fingerprint density at radius 2 is 1.90 bits per heavy atom. The van der Waals surface area contributed by atoms with Crippen molar-refractivity contribution in [2.75, 3.05) is 20.1 Å². The summed E-state index contributed by atoms with van der Waals surface area (Å²) in [6, 6.07) is 4.67. The summed E-state index contributed by atoms with van der Waals surface area (Å²) in [5, 5.41) is 2.65. The second-order valence-corrected chi connectivity index (χ2v) is 6.38. The van der Waals surface area contributed by atoms with Crippen LogP contribution in [0.2, 0.25) is 0 Å². The van der Waals surface area contributed by atoms with Crippen molar-refractivity contribution in [1.29, 1.82) is 0 Å². The summed E-state index contributed by atoms with van der Waals surface area (Å²) in [6.45, 7) is 2.61. The van der Waals surface area contributed by atoms with Gasteiger partial charge < -0.3 is 5.32 Å². The van der Waals surface area contributed by atoms with Crippen LogP contribution in [0.25, 0.3) is 0 Å². The first-order valence-corrected chi connectivity index (χ1v) is 7.80. The van der Waals surface area contributed by atoms with Crippen LogP contribution in [0.15, 0.2) is 29.2 Å². The number of benzene rings is 1. The van der Waals surface area contributed by atoms with Gasteiger partial charge in [-0.15, -0.1) is 0 Å². The van der Waals surface area contributed by atoms with Crippen LogP contribution in [-0.4, -0.2) is 38.8 Å². The third-order valence-corrected chi connectivity index (χ3v) is 4.64. The van der Waals surface area contributed by atoms with Gasteiger partial charge in [0.25, 0.3) is 0 Å². The van der Waals surface area contributed by atoms with Crippen molar-refractivity contribution in [2.45, 2.75) is 24.7 Å². The van der Waals surface area contributed by atoms with Gasteiger partial charge in [-0.1, -0.05) is 0 Å². The summed E-state index contributed by atoms with van der Waals surface area (Å²) < 4.78 is 38.2. The van der Waals surface area contributed by atoms with E-state index in [0.717, 1.165) is 12.1 Å². The lowest BCUT2D eigenvalue weighted by Crippen LogP contribution is -2.29. The Morgan fingerprint density at radius 3 is 2.45 bits per heavy atom. The van der Waals surface area contributed by atoms with Crippen LogP contribution in [0.3, 0.4) is 0 Å². The second kappa shape index (κ2) is 7.35. The number of amides is 1. The van der Waals surface area contributed by atoms with Crippen molar-refractivity contribution in [1.82, 2.24) is 9.62 Å². The molecule has 1 aromatic carbocycles. The predicted octanol–water partition coefficient (Wildman–Crippen LogP) is 1.36. The molecule has 0 aliphatic rings. The van der Waals surface area contributed by atoms with E-state index in [1.54, 1.807) is 0 Å². The number of sulfonamides is 1. The molecule has 0 spiro atoms. The molecule has 7 heteroatoms. The first kappa shape index (κ1) is 16.6. The van der Waals surface area contributed by atoms with Crippen LogP contribution in [0.5, 0.6) is 0 Å². The Bertz CT molecular complexity index is 543. The van der Waals surface area contributed by atoms with Gasteiger partial charge in [-0.2, -0.15) is 0 Å². The summed E-state index contributed by atoms with van der Waals surface area (Å²) in [5.74, 6) is -0.581. The molecule has 1 amide bonds. The first-order valence-electron chi connectivity index (χ1n) is 6.36. The molecule has 0 fully saturated rings. The highest BCUT2D eigenvalue weighted by Gasteiger charge is 2.20. The first-order chi connectivity index (χ1) is 9.37. The third-order valence-electron chi connectivity index (χ3n) is 2.77. The minimum absolute atomic E-state index is 0.0411. The molecule has 112 valence electrons. The van der Waals surface area contributed by atoms with E-state index >= 15 is 0 Å². The molecule has 5 nitrogen and oxygen atoms in total. The van der Waals surface area contributed by atoms with Gasteiger partial charge >= 0.3 is 0 Å². The summed E-state index contributed by atoms with van der Waals surface area (Å²) in [4.78, 5) is 11.3. The van der Waals surface area contributed by atoms with Gasteiger partial charge in [0.2, 0.25) is 15.9 Å². The Morgan fingerprint density at radius 1 is 1.30 bits per heavy atom. The van der Waals surface area contributed by atoms with E-state index < -0.39 is 15.8 Å². The zero-order chi connectivity index (χ0) is 15.2. The zero-order valence-electron chi connectivity index (χ0n) is 11.6. The molecule has 0 bridgehead atoms. The van der Waals surface area contributed by atoms with Crippen LogP contribution in [0.1, 0.15) is 19.8 Å². The SMILES string of the molecule is CCNC(=O)CCCN(C)S(=O)(=O)c1ccc(F)cc1. The van der Waals surface area contributed by atoms with Crippen molar-refractivity contribution in [2.24, 2.45) is 0 Å². The topological polar surface area (TPSA) is 66.5 Å². The molecule has 0 aliphatic heterocycles. The average Bonchev–Trinajstić information content (AvgIpc) is 2.39. The lowest BCUT2D eigenvalue weighted by Gasteiger charge is -2.17. The van der Waals surface area contributed by atoms with Gasteiger partial charge in [-0.25, -0.2) is 17.1 Å². The molecule has 0 saturated carbocycles. The summed E-state index contributed by atoms with van der Waals surface area (Å²) in [7, 11) is -2.19. The van der Waals surface area contributed by atoms with Gasteiger partial charge in [-0.3, -0.25) is 4.79 Å². The molecule has 0 aromatic heterocycles. The number of carbonyl (C=O) groups excluding carboxylic acids is 1. The van der Waals surface area contributed by atoms with Crippen molar-refractivity contribution in [3.8, 4) is 0 Å². The maximum absolute atomic E-state index is 12.8. The highest BCUT2D eigenvalue weighted by atomic mass is 32.2. The number of hydrogen-bond acceptors (Lipinski definition) is 3. The van der Waals surface area contributed by atoms with Crippen molar-refractivity contribution < 1.29 is 17.6 Å². The standard InChI is InChI=1S/C13H19FN2O3S/c1-3-15-13(17)5-4-10-16(2)20(18,19)12-8-6-11(14)7-9-12/h6-9H,3-5,10H2,1-2H3,(H,15,17). The van der Waals surface area contributed by atoms with E-state index in [4.69, 9.17) is 0 Å². The highest BCUT2D eigenvalue weighted by molar-refractivity contribution is 7.89. The summed E-state index contributed by atoms with van der Waals surface area (Å²) in [5.41, 5.74) is 0. The van der Waals surface area contributed by atoms with E-state index in [0.29, 0.717) is 13.0 Å². The minimum atomic E-state index is -3.63. The van der Waals surface area contributed by atoms with Crippen molar-refractivity contribution in [3.63, 3.8) is 0 Å². The molecule has 0 heterocycles. The quantitative estimate of drug-likeness (QED) is 0.827. The van der Waals surface area contributed by atoms with E-state index in [1.165, 1.54) is 23.5 Å². The van der Waals surface area contributed by atoms with Crippen molar-refractivity contribution >= 4 is 15.9 Å². The zero-order valence-corrected chi connectivity index (χ0v) is 12.4. The van der Waals surface area contributed by atoms with Gasteiger partial charge in [0.05, 0.1) is 4.90 Å². The molecule has 0 atom stereocenters. The molecule has 0 radical (unpaired) electrons. The molecular weight excluding hydrogens is 283 g/mol. The molecule has 1 aromatic rings. The highest BCUT2D eigenvalue weighted by Crippen LogP contribution is 2.15. The fraction of sp³-hybridized carbons (Fsp3) is 0.462. The number of rotatable bonds is 7. The molecular formula is C13H19FN2O3S. The molecule has 0 unspecified atom stereocenters. The van der Waals surface area contributed by atoms with Crippen LogP contribution < -0.4 is 5.32 Å². The molecule has 0 saturated heterocycles. The predicted molar refractivity (Wildman–Crippen MR) is 74.1 cm³/mol. The fourth-order valence-corrected chi connectivity index (χ4v) is 2.86. The normalized spacial score (nSPS) is 11.6. The monoisotopic (exact) mass is 302 g/mol. The Kier molecular flexibility index (Phi) is 6.09. The maximum atomic E-state index is 12.8. The molecule has 1 N–H and O–H groups in total. The van der Waals surface area contributed by atoms with Crippen LogP contribution in [0, 0.1) is 5.82 Å². The summed E-state index contributed by atoms with van der Waals surface area (Å²) in [6.07, 6.45) is 0.708. The largest absolute Gasteiger partial charge is 0.356 e. The van der Waals surface area contributed by atoms with Gasteiger partial charge in [0.1, 0.15) is 5.82 Å². The van der Waals surface area contributed by atoms with Crippen LogP contribution >= 0.6 is 0 Å². The molecule has 1 rings (SSSR count). The number of halogens is 1. The van der Waals surface area contributed by atoms with Crippen LogP contribution in [-0.2, 0) is 14.8 Å². The van der Waals surface area contributed by atoms with Gasteiger partial charge in [0.15, 0.2) is 0 Å². The number of nitrogens with one attached hydrogen (secondary N) is 1. The Labute approximate surface area is 118 Å². The second-order valence-electron chi connectivity index (χ2n) is 4.34. The number of carbonyl (C=O) groups is 1. The van der Waals surface area contributed by atoms with Gasteiger partial charge in [-0.05, 0) is 37.6 Å². The minimum Gasteiger partial charge on any atom is -0.356 e. The lowest BCUT2D eigenvalue weighted by atomic mass is 10.3. The van der Waals surface area contributed by atoms with Gasteiger partial charge in [0, 0.05) is 26.6 Å². The Balaban J connectivity index is 2.59. The van der Waals surface area contributed by atoms with Crippen LogP contribution in [0.4, 0.5) is 4.39 Å². The van der Waals surface area contributed by atoms with E-state index in [1.807, 2.05) is 6.92 Å². The molecule has 20 heavy (non-hydrogen) atoms. The summed E-state index contributed by atoms with van der Waals surface area (Å²) >= 11 is 0. The molecule has 0 aliphatic carbocycles. The smallest absolute Gasteiger partial charge is 0.242 e. The van der Waals surface area contributed by atoms with E-state index in [9.17, 15) is 17.6 Å². The number of nitrogens with zero attached hydrogens (tertiary/aromatic N) is 1. The number of hydrogen-bond donors (Lipinski definition) is 1.